The predicted octanol–water partition coefficient (Wildman–Crippen LogP) is 2.09. The first-order chi connectivity index (χ1) is 10.5. The zero-order valence-corrected chi connectivity index (χ0v) is 14.0. The fourth-order valence-corrected chi connectivity index (χ4v) is 4.50. The number of nitrogens with zero attached hydrogens (tertiary/aromatic N) is 2. The van der Waals surface area contributed by atoms with Crippen LogP contribution in [0.5, 0.6) is 0 Å². The number of fused-ring (bicyclic) bond motifs is 1. The predicted molar refractivity (Wildman–Crippen MR) is 88.0 cm³/mol. The van der Waals surface area contributed by atoms with E-state index in [2.05, 4.69) is 25.1 Å². The van der Waals surface area contributed by atoms with E-state index in [1.807, 2.05) is 9.80 Å². The molecule has 4 nitrogen and oxygen atoms in total. The number of benzene rings is 1. The van der Waals surface area contributed by atoms with Crippen LogP contribution in [0, 0.1) is 6.92 Å². The van der Waals surface area contributed by atoms with Crippen molar-refractivity contribution >= 4 is 23.6 Å². The fraction of sp³-hybridized carbons (Fsp3) is 0.529. The Balaban J connectivity index is 1.64. The molecule has 1 fully saturated rings. The molecule has 0 aromatic heterocycles. The second-order valence-electron chi connectivity index (χ2n) is 6.11. The zero-order valence-electron chi connectivity index (χ0n) is 13.2. The Labute approximate surface area is 135 Å². The van der Waals surface area contributed by atoms with Gasteiger partial charge in [-0.05, 0) is 31.4 Å². The molecule has 1 saturated heterocycles. The Morgan fingerprint density at radius 1 is 1.14 bits per heavy atom. The lowest BCUT2D eigenvalue weighted by molar-refractivity contribution is -0.132. The van der Waals surface area contributed by atoms with Crippen LogP contribution in [0.3, 0.4) is 0 Å². The molecule has 5 heteroatoms. The van der Waals surface area contributed by atoms with Crippen molar-refractivity contribution in [1.29, 1.82) is 0 Å². The number of hydrogen-bond donors (Lipinski definition) is 0. The van der Waals surface area contributed by atoms with Crippen LogP contribution in [-0.2, 0) is 16.0 Å². The van der Waals surface area contributed by atoms with Gasteiger partial charge in [-0.1, -0.05) is 17.7 Å². The quantitative estimate of drug-likeness (QED) is 0.796. The molecule has 2 amide bonds. The lowest BCUT2D eigenvalue weighted by Crippen LogP contribution is -2.40. The largest absolute Gasteiger partial charge is 0.341 e. The summed E-state index contributed by atoms with van der Waals surface area (Å²) in [4.78, 5) is 29.3. The van der Waals surface area contributed by atoms with E-state index in [9.17, 15) is 9.59 Å². The molecule has 0 unspecified atom stereocenters. The highest BCUT2D eigenvalue weighted by Crippen LogP contribution is 2.38. The van der Waals surface area contributed by atoms with E-state index in [0.717, 1.165) is 25.9 Å². The molecule has 0 N–H and O–H groups in total. The van der Waals surface area contributed by atoms with Gasteiger partial charge in [0, 0.05) is 38.0 Å². The SMILES string of the molecule is CC(=O)N1CCCN(C(=O)[C@H]2Cc3ccc(C)cc3S2)CC1. The molecule has 1 aromatic rings. The minimum atomic E-state index is 0.000628. The Kier molecular flexibility index (Phi) is 4.43. The summed E-state index contributed by atoms with van der Waals surface area (Å²) < 4.78 is 0. The number of thioether (sulfide) groups is 1. The summed E-state index contributed by atoms with van der Waals surface area (Å²) in [7, 11) is 0. The van der Waals surface area contributed by atoms with Crippen molar-refractivity contribution < 1.29 is 9.59 Å². The van der Waals surface area contributed by atoms with Gasteiger partial charge in [-0.2, -0.15) is 0 Å². The maximum Gasteiger partial charge on any atom is 0.236 e. The third-order valence-corrected chi connectivity index (χ3v) is 5.71. The monoisotopic (exact) mass is 318 g/mol. The number of hydrogen-bond acceptors (Lipinski definition) is 3. The molecular formula is C17H22N2O2S. The minimum Gasteiger partial charge on any atom is -0.341 e. The number of carbonyl (C=O) groups excluding carboxylic acids is 2. The second kappa shape index (κ2) is 6.32. The van der Waals surface area contributed by atoms with Crippen molar-refractivity contribution in [2.45, 2.75) is 36.8 Å². The maximum absolute atomic E-state index is 12.8. The van der Waals surface area contributed by atoms with Gasteiger partial charge in [0.25, 0.3) is 0 Å². The van der Waals surface area contributed by atoms with Crippen LogP contribution in [0.1, 0.15) is 24.5 Å². The second-order valence-corrected chi connectivity index (χ2v) is 7.35. The van der Waals surface area contributed by atoms with Crippen molar-refractivity contribution in [2.75, 3.05) is 26.2 Å². The van der Waals surface area contributed by atoms with E-state index in [-0.39, 0.29) is 17.1 Å². The summed E-state index contributed by atoms with van der Waals surface area (Å²) >= 11 is 1.69. The Hall–Kier alpha value is -1.49. The summed E-state index contributed by atoms with van der Waals surface area (Å²) in [5.41, 5.74) is 2.53. The molecule has 2 aliphatic heterocycles. The van der Waals surface area contributed by atoms with Crippen molar-refractivity contribution in [3.05, 3.63) is 29.3 Å². The molecule has 0 aliphatic carbocycles. The summed E-state index contributed by atoms with van der Waals surface area (Å²) in [5, 5.41) is 0.000628. The summed E-state index contributed by atoms with van der Waals surface area (Å²) in [5.74, 6) is 0.330. The maximum atomic E-state index is 12.8. The van der Waals surface area contributed by atoms with Gasteiger partial charge in [0.05, 0.1) is 5.25 Å². The standard InChI is InChI=1S/C17H22N2O2S/c1-12-4-5-14-11-16(22-15(14)10-12)17(21)19-7-3-6-18(8-9-19)13(2)20/h4-5,10,16H,3,6-9,11H2,1-2H3/t16-/m1/s1. The van der Waals surface area contributed by atoms with Crippen LogP contribution in [0.15, 0.2) is 23.1 Å². The molecule has 0 spiro atoms. The van der Waals surface area contributed by atoms with Gasteiger partial charge in [0.1, 0.15) is 0 Å². The van der Waals surface area contributed by atoms with Crippen LogP contribution >= 0.6 is 11.8 Å². The molecule has 0 radical (unpaired) electrons. The van der Waals surface area contributed by atoms with Crippen molar-refractivity contribution in [1.82, 2.24) is 9.80 Å². The van der Waals surface area contributed by atoms with Crippen LogP contribution < -0.4 is 0 Å². The van der Waals surface area contributed by atoms with Gasteiger partial charge in [0.2, 0.25) is 11.8 Å². The van der Waals surface area contributed by atoms with Crippen LogP contribution in [0.25, 0.3) is 0 Å². The molecule has 3 rings (SSSR count). The summed E-state index contributed by atoms with van der Waals surface area (Å²) in [6.45, 7) is 6.52. The lowest BCUT2D eigenvalue weighted by atomic mass is 10.1. The van der Waals surface area contributed by atoms with Crippen LogP contribution in [0.2, 0.25) is 0 Å². The fourth-order valence-electron chi connectivity index (χ4n) is 3.13. The van der Waals surface area contributed by atoms with E-state index >= 15 is 0 Å². The molecular weight excluding hydrogens is 296 g/mol. The third-order valence-electron chi connectivity index (χ3n) is 4.43. The van der Waals surface area contributed by atoms with E-state index in [1.165, 1.54) is 16.0 Å². The first-order valence-electron chi connectivity index (χ1n) is 7.85. The molecule has 2 heterocycles. The van der Waals surface area contributed by atoms with E-state index in [1.54, 1.807) is 18.7 Å². The zero-order chi connectivity index (χ0) is 15.7. The number of aryl methyl sites for hydroxylation is 1. The highest BCUT2D eigenvalue weighted by Gasteiger charge is 2.32. The highest BCUT2D eigenvalue weighted by atomic mass is 32.2. The van der Waals surface area contributed by atoms with Gasteiger partial charge in [-0.3, -0.25) is 9.59 Å². The first kappa shape index (κ1) is 15.4. The van der Waals surface area contributed by atoms with Crippen LogP contribution in [0.4, 0.5) is 0 Å². The van der Waals surface area contributed by atoms with Gasteiger partial charge < -0.3 is 9.80 Å². The van der Waals surface area contributed by atoms with Crippen molar-refractivity contribution in [3.63, 3.8) is 0 Å². The molecule has 22 heavy (non-hydrogen) atoms. The first-order valence-corrected chi connectivity index (χ1v) is 8.73. The Morgan fingerprint density at radius 2 is 1.86 bits per heavy atom. The average molecular weight is 318 g/mol. The van der Waals surface area contributed by atoms with Gasteiger partial charge in [-0.15, -0.1) is 11.8 Å². The lowest BCUT2D eigenvalue weighted by Gasteiger charge is -2.23. The molecule has 0 bridgehead atoms. The van der Waals surface area contributed by atoms with E-state index in [4.69, 9.17) is 0 Å². The topological polar surface area (TPSA) is 40.6 Å². The average Bonchev–Trinajstić information content (AvgIpc) is 2.74. The molecule has 118 valence electrons. The smallest absolute Gasteiger partial charge is 0.236 e. The van der Waals surface area contributed by atoms with Gasteiger partial charge >= 0.3 is 0 Å². The van der Waals surface area contributed by atoms with E-state index in [0.29, 0.717) is 13.1 Å². The van der Waals surface area contributed by atoms with E-state index < -0.39 is 0 Å². The molecule has 0 saturated carbocycles. The van der Waals surface area contributed by atoms with Crippen molar-refractivity contribution in [2.24, 2.45) is 0 Å². The summed E-state index contributed by atoms with van der Waals surface area (Å²) in [6, 6.07) is 6.43. The third kappa shape index (κ3) is 3.14. The minimum absolute atomic E-state index is 0.000628. The van der Waals surface area contributed by atoms with Crippen molar-refractivity contribution in [3.8, 4) is 0 Å². The molecule has 1 aromatic carbocycles. The van der Waals surface area contributed by atoms with Gasteiger partial charge in [0.15, 0.2) is 0 Å². The normalized spacial score (nSPS) is 21.5. The van der Waals surface area contributed by atoms with Crippen LogP contribution in [-0.4, -0.2) is 53.0 Å². The number of amides is 2. The Morgan fingerprint density at radius 3 is 2.64 bits per heavy atom. The Bertz CT molecular complexity index is 602. The number of carbonyl (C=O) groups is 2. The molecule has 2 aliphatic rings. The van der Waals surface area contributed by atoms with Gasteiger partial charge in [-0.25, -0.2) is 0 Å². The number of rotatable bonds is 1. The summed E-state index contributed by atoms with van der Waals surface area (Å²) in [6.07, 6.45) is 1.70. The highest BCUT2D eigenvalue weighted by molar-refractivity contribution is 8.01. The molecule has 1 atom stereocenters.